The Morgan fingerprint density at radius 3 is 2.33 bits per heavy atom. The largest absolute Gasteiger partial charge is 0.507 e. The monoisotopic (exact) mass is 488 g/mol. The molecule has 1 heterocycles. The molecule has 9 nitrogen and oxygen atoms in total. The van der Waals surface area contributed by atoms with Crippen LogP contribution in [0.1, 0.15) is 29.7 Å². The molecule has 0 saturated carbocycles. The molecule has 9 heteroatoms. The highest BCUT2D eigenvalue weighted by molar-refractivity contribution is 6.46. The molecular formula is C27H24N2O7. The average Bonchev–Trinajstić information content (AvgIpc) is 3.13. The number of aliphatic hydroxyl groups is 1. The first-order chi connectivity index (χ1) is 17.3. The first-order valence-electron chi connectivity index (χ1n) is 11.2. The molecule has 1 aliphatic rings. The molecule has 0 aliphatic carbocycles. The third-order valence-corrected chi connectivity index (χ3v) is 5.89. The maximum absolute atomic E-state index is 13.2. The number of nitro groups is 1. The zero-order valence-corrected chi connectivity index (χ0v) is 19.7. The summed E-state index contributed by atoms with van der Waals surface area (Å²) in [5.41, 5.74) is 1.28. The molecule has 1 amide bonds. The van der Waals surface area contributed by atoms with Crippen molar-refractivity contribution >= 4 is 23.1 Å². The van der Waals surface area contributed by atoms with Crippen molar-refractivity contribution in [3.05, 3.63) is 105 Å². The maximum Gasteiger partial charge on any atom is 0.295 e. The van der Waals surface area contributed by atoms with Crippen molar-refractivity contribution in [1.29, 1.82) is 0 Å². The third kappa shape index (κ3) is 4.76. The summed E-state index contributed by atoms with van der Waals surface area (Å²) in [7, 11) is 1.53. The van der Waals surface area contributed by atoms with Gasteiger partial charge < -0.3 is 19.5 Å². The van der Waals surface area contributed by atoms with Gasteiger partial charge in [-0.25, -0.2) is 0 Å². The van der Waals surface area contributed by atoms with Crippen LogP contribution < -0.4 is 9.47 Å². The van der Waals surface area contributed by atoms with E-state index in [-0.39, 0.29) is 23.4 Å². The van der Waals surface area contributed by atoms with Gasteiger partial charge in [-0.2, -0.15) is 0 Å². The molecule has 1 aliphatic heterocycles. The van der Waals surface area contributed by atoms with Crippen molar-refractivity contribution in [1.82, 2.24) is 4.90 Å². The van der Waals surface area contributed by atoms with E-state index in [1.807, 2.05) is 13.0 Å². The van der Waals surface area contributed by atoms with Crippen LogP contribution in [0.15, 0.2) is 78.4 Å². The number of carbonyl (C=O) groups excluding carboxylic acids is 2. The summed E-state index contributed by atoms with van der Waals surface area (Å²) < 4.78 is 10.8. The molecule has 1 N–H and O–H groups in total. The lowest BCUT2D eigenvalue weighted by Gasteiger charge is -2.25. The van der Waals surface area contributed by atoms with Gasteiger partial charge in [-0.15, -0.1) is 0 Å². The van der Waals surface area contributed by atoms with E-state index in [0.29, 0.717) is 23.7 Å². The molecule has 0 bridgehead atoms. The first kappa shape index (κ1) is 24.5. The first-order valence-corrected chi connectivity index (χ1v) is 11.2. The van der Waals surface area contributed by atoms with Gasteiger partial charge in [0.05, 0.1) is 30.3 Å². The third-order valence-electron chi connectivity index (χ3n) is 5.89. The summed E-state index contributed by atoms with van der Waals surface area (Å²) in [5.74, 6) is -0.780. The van der Waals surface area contributed by atoms with E-state index >= 15 is 0 Å². The number of amides is 1. The van der Waals surface area contributed by atoms with Gasteiger partial charge in [-0.1, -0.05) is 24.3 Å². The average molecular weight is 488 g/mol. The highest BCUT2D eigenvalue weighted by Gasteiger charge is 2.46. The number of ether oxygens (including phenoxy) is 2. The number of ketones is 1. The summed E-state index contributed by atoms with van der Waals surface area (Å²) >= 11 is 0. The highest BCUT2D eigenvalue weighted by Crippen LogP contribution is 2.41. The molecule has 4 rings (SSSR count). The summed E-state index contributed by atoms with van der Waals surface area (Å²) in [4.78, 5) is 38.3. The van der Waals surface area contributed by atoms with E-state index in [9.17, 15) is 24.8 Å². The van der Waals surface area contributed by atoms with Crippen molar-refractivity contribution < 1.29 is 29.1 Å². The number of likely N-dealkylation sites (tertiary alicyclic amines) is 1. The number of non-ortho nitro benzene ring substituents is 1. The molecular weight excluding hydrogens is 464 g/mol. The van der Waals surface area contributed by atoms with Crippen LogP contribution in [-0.4, -0.2) is 40.3 Å². The zero-order chi connectivity index (χ0) is 25.8. The lowest BCUT2D eigenvalue weighted by atomic mass is 9.95. The van der Waals surface area contributed by atoms with Gasteiger partial charge in [-0.05, 0) is 54.4 Å². The lowest BCUT2D eigenvalue weighted by Crippen LogP contribution is -2.29. The van der Waals surface area contributed by atoms with Crippen molar-refractivity contribution in [2.45, 2.75) is 19.5 Å². The van der Waals surface area contributed by atoms with E-state index < -0.39 is 28.4 Å². The van der Waals surface area contributed by atoms with Crippen LogP contribution in [0.2, 0.25) is 0 Å². The van der Waals surface area contributed by atoms with Gasteiger partial charge in [0.2, 0.25) is 0 Å². The lowest BCUT2D eigenvalue weighted by molar-refractivity contribution is -0.384. The van der Waals surface area contributed by atoms with Crippen LogP contribution in [0.5, 0.6) is 11.5 Å². The predicted octanol–water partition coefficient (Wildman–Crippen LogP) is 4.62. The molecule has 1 saturated heterocycles. The second-order valence-electron chi connectivity index (χ2n) is 8.08. The van der Waals surface area contributed by atoms with E-state index in [2.05, 4.69) is 0 Å². The number of nitro benzene ring substituents is 1. The Hall–Kier alpha value is -4.66. The van der Waals surface area contributed by atoms with Gasteiger partial charge in [0.25, 0.3) is 17.4 Å². The number of hydrogen-bond donors (Lipinski definition) is 1. The minimum atomic E-state index is -0.887. The molecule has 1 unspecified atom stereocenters. The molecule has 1 fully saturated rings. The second kappa shape index (κ2) is 10.3. The fraction of sp³-hybridized carbons (Fsp3) is 0.185. The van der Waals surface area contributed by atoms with Crippen LogP contribution in [0, 0.1) is 10.1 Å². The molecule has 36 heavy (non-hydrogen) atoms. The minimum absolute atomic E-state index is 0.0965. The Morgan fingerprint density at radius 2 is 1.72 bits per heavy atom. The van der Waals surface area contributed by atoms with Gasteiger partial charge in [0, 0.05) is 24.2 Å². The fourth-order valence-corrected chi connectivity index (χ4v) is 4.17. The van der Waals surface area contributed by atoms with Gasteiger partial charge in [0.15, 0.2) is 0 Å². The fourth-order valence-electron chi connectivity index (χ4n) is 4.17. The quantitative estimate of drug-likeness (QED) is 0.161. The summed E-state index contributed by atoms with van der Waals surface area (Å²) in [6, 6.07) is 18.3. The van der Waals surface area contributed by atoms with Crippen molar-refractivity contribution in [2.75, 3.05) is 13.7 Å². The minimum Gasteiger partial charge on any atom is -0.507 e. The molecule has 0 radical (unpaired) electrons. The number of carbonyl (C=O) groups is 2. The Balaban J connectivity index is 1.81. The number of rotatable bonds is 8. The van der Waals surface area contributed by atoms with Crippen LogP contribution in [0.4, 0.5) is 5.69 Å². The van der Waals surface area contributed by atoms with Crippen molar-refractivity contribution in [3.8, 4) is 11.5 Å². The van der Waals surface area contributed by atoms with Crippen molar-refractivity contribution in [3.63, 3.8) is 0 Å². The molecule has 3 aromatic rings. The SMILES string of the molecule is CCOc1cccc(CN2C(=O)C(=O)/C(=C(\O)c3ccc([N+](=O)[O-])cc3)C2c2ccc(OC)cc2)c1. The summed E-state index contributed by atoms with van der Waals surface area (Å²) in [5, 5.41) is 22.1. The zero-order valence-electron chi connectivity index (χ0n) is 19.7. The number of Topliss-reactive ketones (excluding diaryl/α,β-unsaturated/α-hetero) is 1. The number of aliphatic hydroxyl groups excluding tert-OH is 1. The smallest absolute Gasteiger partial charge is 0.295 e. The van der Waals surface area contributed by atoms with Crippen LogP contribution in [0.3, 0.4) is 0 Å². The Labute approximate surface area is 207 Å². The van der Waals surface area contributed by atoms with Crippen LogP contribution >= 0.6 is 0 Å². The Kier molecular flexibility index (Phi) is 7.00. The Bertz CT molecular complexity index is 1330. The van der Waals surface area contributed by atoms with E-state index in [1.54, 1.807) is 42.5 Å². The van der Waals surface area contributed by atoms with Gasteiger partial charge >= 0.3 is 0 Å². The van der Waals surface area contributed by atoms with Crippen LogP contribution in [-0.2, 0) is 16.1 Å². The maximum atomic E-state index is 13.2. The topological polar surface area (TPSA) is 119 Å². The van der Waals surface area contributed by atoms with Gasteiger partial charge in [0.1, 0.15) is 17.3 Å². The number of methoxy groups -OCH3 is 1. The summed E-state index contributed by atoms with van der Waals surface area (Å²) in [6.45, 7) is 2.45. The van der Waals surface area contributed by atoms with E-state index in [0.717, 1.165) is 5.56 Å². The van der Waals surface area contributed by atoms with E-state index in [1.165, 1.54) is 36.3 Å². The molecule has 3 aromatic carbocycles. The predicted molar refractivity (Wildman–Crippen MR) is 132 cm³/mol. The Morgan fingerprint density at radius 1 is 1.03 bits per heavy atom. The normalized spacial score (nSPS) is 16.7. The van der Waals surface area contributed by atoms with Crippen molar-refractivity contribution in [2.24, 2.45) is 0 Å². The summed E-state index contributed by atoms with van der Waals surface area (Å²) in [6.07, 6.45) is 0. The second-order valence-corrected chi connectivity index (χ2v) is 8.08. The molecule has 0 spiro atoms. The highest BCUT2D eigenvalue weighted by atomic mass is 16.6. The number of benzene rings is 3. The molecule has 1 atom stereocenters. The van der Waals surface area contributed by atoms with E-state index in [4.69, 9.17) is 9.47 Å². The van der Waals surface area contributed by atoms with Gasteiger partial charge in [-0.3, -0.25) is 19.7 Å². The standard InChI is InChI=1S/C27H24N2O7/c1-3-36-22-6-4-5-17(15-22)16-28-24(18-9-13-21(35-2)14-10-18)23(26(31)27(28)32)25(30)19-7-11-20(12-8-19)29(33)34/h4-15,24,30H,3,16H2,1-2H3/b25-23-. The number of hydrogen-bond acceptors (Lipinski definition) is 7. The number of nitrogens with zero attached hydrogens (tertiary/aromatic N) is 2. The molecule has 184 valence electrons. The van der Waals surface area contributed by atoms with Crippen LogP contribution in [0.25, 0.3) is 5.76 Å². The molecule has 0 aromatic heterocycles.